The summed E-state index contributed by atoms with van der Waals surface area (Å²) in [5, 5.41) is 4.34. The molecule has 2 aromatic heterocycles. The number of nitrogens with zero attached hydrogens (tertiary/aromatic N) is 3. The van der Waals surface area contributed by atoms with Crippen LogP contribution in [-0.2, 0) is 4.79 Å². The molecule has 6 heteroatoms. The molecular weight excluding hydrogens is 320 g/mol. The maximum atomic E-state index is 12.1. The Morgan fingerprint density at radius 1 is 1.04 bits per heavy atom. The summed E-state index contributed by atoms with van der Waals surface area (Å²) in [5.74, 6) is 0.416. The standard InChI is InChI=1S/C18H12N4OS/c23-17-15(24-18(22-17)21-16-5-1-2-8-20-16)11-12-6-7-14-13(10-12)4-3-9-19-14/h1-11H,(H,20,21,22,23)/b15-11+. The number of aliphatic imine (C=N–C) groups is 1. The highest BCUT2D eigenvalue weighted by molar-refractivity contribution is 8.18. The van der Waals surface area contributed by atoms with E-state index in [1.54, 1.807) is 18.5 Å². The van der Waals surface area contributed by atoms with Crippen LogP contribution in [-0.4, -0.2) is 21.0 Å². The van der Waals surface area contributed by atoms with Crippen molar-refractivity contribution in [2.75, 3.05) is 0 Å². The Balaban J connectivity index is 1.62. The zero-order chi connectivity index (χ0) is 16.4. The molecular formula is C18H12N4OS. The second-order valence-corrected chi connectivity index (χ2v) is 6.16. The molecule has 0 saturated carbocycles. The summed E-state index contributed by atoms with van der Waals surface area (Å²) >= 11 is 1.31. The molecule has 3 aromatic rings. The quantitative estimate of drug-likeness (QED) is 0.729. The molecule has 0 aliphatic carbocycles. The highest BCUT2D eigenvalue weighted by Crippen LogP contribution is 2.28. The Morgan fingerprint density at radius 2 is 1.96 bits per heavy atom. The number of hydrogen-bond acceptors (Lipinski definition) is 5. The number of amidine groups is 1. The Morgan fingerprint density at radius 3 is 2.83 bits per heavy atom. The fourth-order valence-electron chi connectivity index (χ4n) is 2.34. The largest absolute Gasteiger partial charge is 0.300 e. The highest BCUT2D eigenvalue weighted by Gasteiger charge is 2.23. The van der Waals surface area contributed by atoms with E-state index in [4.69, 9.17) is 0 Å². The number of amides is 1. The van der Waals surface area contributed by atoms with Crippen LogP contribution in [0.5, 0.6) is 0 Å². The number of carbonyl (C=O) groups excluding carboxylic acids is 1. The van der Waals surface area contributed by atoms with Gasteiger partial charge in [-0.05, 0) is 53.7 Å². The molecule has 1 saturated heterocycles. The van der Waals surface area contributed by atoms with Crippen LogP contribution in [0.2, 0.25) is 0 Å². The van der Waals surface area contributed by atoms with E-state index in [1.165, 1.54) is 11.8 Å². The van der Waals surface area contributed by atoms with Gasteiger partial charge in [-0.15, -0.1) is 0 Å². The lowest BCUT2D eigenvalue weighted by Crippen LogP contribution is -2.19. The van der Waals surface area contributed by atoms with Crippen LogP contribution in [0.1, 0.15) is 5.56 Å². The molecule has 0 radical (unpaired) electrons. The van der Waals surface area contributed by atoms with E-state index in [9.17, 15) is 4.79 Å². The van der Waals surface area contributed by atoms with Crippen molar-refractivity contribution in [3.05, 3.63) is 71.4 Å². The number of carbonyl (C=O) groups is 1. The molecule has 24 heavy (non-hydrogen) atoms. The number of nitrogens with one attached hydrogen (secondary N) is 1. The van der Waals surface area contributed by atoms with Gasteiger partial charge in [-0.25, -0.2) is 9.98 Å². The summed E-state index contributed by atoms with van der Waals surface area (Å²) in [5.41, 5.74) is 1.88. The van der Waals surface area contributed by atoms with Crippen LogP contribution < -0.4 is 5.32 Å². The van der Waals surface area contributed by atoms with Gasteiger partial charge in [0.1, 0.15) is 0 Å². The van der Waals surface area contributed by atoms with Crippen LogP contribution >= 0.6 is 11.8 Å². The van der Waals surface area contributed by atoms with Crippen LogP contribution in [0, 0.1) is 0 Å². The number of fused-ring (bicyclic) bond motifs is 1. The second kappa shape index (κ2) is 6.25. The lowest BCUT2D eigenvalue weighted by Gasteiger charge is -1.99. The average molecular weight is 332 g/mol. The van der Waals surface area contributed by atoms with Crippen molar-refractivity contribution in [3.8, 4) is 0 Å². The van der Waals surface area contributed by atoms with Crippen molar-refractivity contribution < 1.29 is 4.79 Å². The number of hydrogen-bond donors (Lipinski definition) is 1. The predicted molar refractivity (Wildman–Crippen MR) is 96.8 cm³/mol. The lowest BCUT2D eigenvalue weighted by molar-refractivity contribution is -0.115. The first-order valence-corrected chi connectivity index (χ1v) is 8.15. The second-order valence-electron chi connectivity index (χ2n) is 5.13. The molecule has 1 aliphatic heterocycles. The smallest absolute Gasteiger partial charge is 0.264 e. The van der Waals surface area contributed by atoms with Crippen LogP contribution in [0.25, 0.3) is 17.0 Å². The summed E-state index contributed by atoms with van der Waals surface area (Å²) in [4.78, 5) is 25.5. The summed E-state index contributed by atoms with van der Waals surface area (Å²) in [6.45, 7) is 0. The monoisotopic (exact) mass is 332 g/mol. The number of pyridine rings is 2. The fraction of sp³-hybridized carbons (Fsp3) is 0. The Kier molecular flexibility index (Phi) is 3.80. The number of aromatic nitrogens is 2. The van der Waals surface area contributed by atoms with Gasteiger partial charge in [0.05, 0.1) is 10.4 Å². The third kappa shape index (κ3) is 3.04. The van der Waals surface area contributed by atoms with Crippen molar-refractivity contribution in [1.82, 2.24) is 15.3 Å². The van der Waals surface area contributed by atoms with Crippen LogP contribution in [0.15, 0.2) is 70.8 Å². The SMILES string of the molecule is O=C1N/C(=N\c2ccccn2)S/C1=C/c1ccc2ncccc2c1. The molecule has 0 spiro atoms. The van der Waals surface area contributed by atoms with Crippen molar-refractivity contribution in [3.63, 3.8) is 0 Å². The molecule has 1 N–H and O–H groups in total. The van der Waals surface area contributed by atoms with E-state index in [-0.39, 0.29) is 5.91 Å². The van der Waals surface area contributed by atoms with Crippen molar-refractivity contribution in [2.24, 2.45) is 4.99 Å². The average Bonchev–Trinajstić information content (AvgIpc) is 2.95. The molecule has 1 aromatic carbocycles. The number of rotatable bonds is 2. The molecule has 0 atom stereocenters. The van der Waals surface area contributed by atoms with E-state index < -0.39 is 0 Å². The molecule has 0 unspecified atom stereocenters. The zero-order valence-corrected chi connectivity index (χ0v) is 13.3. The maximum absolute atomic E-state index is 12.1. The van der Waals surface area contributed by atoms with E-state index in [1.807, 2.05) is 48.5 Å². The zero-order valence-electron chi connectivity index (χ0n) is 12.5. The Bertz CT molecular complexity index is 982. The third-order valence-corrected chi connectivity index (χ3v) is 4.35. The Hall–Kier alpha value is -2.99. The first kappa shape index (κ1) is 14.6. The fourth-order valence-corrected chi connectivity index (χ4v) is 3.17. The van der Waals surface area contributed by atoms with E-state index in [2.05, 4.69) is 20.3 Å². The topological polar surface area (TPSA) is 67.2 Å². The molecule has 0 bridgehead atoms. The molecule has 116 valence electrons. The van der Waals surface area contributed by atoms with E-state index in [0.29, 0.717) is 15.9 Å². The van der Waals surface area contributed by atoms with Gasteiger partial charge < -0.3 is 5.32 Å². The predicted octanol–water partition coefficient (Wildman–Crippen LogP) is 3.52. The molecule has 1 fully saturated rings. The molecule has 3 heterocycles. The van der Waals surface area contributed by atoms with E-state index >= 15 is 0 Å². The maximum Gasteiger partial charge on any atom is 0.264 e. The number of thioether (sulfide) groups is 1. The van der Waals surface area contributed by atoms with Gasteiger partial charge >= 0.3 is 0 Å². The van der Waals surface area contributed by atoms with Gasteiger partial charge in [0, 0.05) is 17.8 Å². The highest BCUT2D eigenvalue weighted by atomic mass is 32.2. The molecule has 1 amide bonds. The lowest BCUT2D eigenvalue weighted by atomic mass is 10.1. The number of benzene rings is 1. The summed E-state index contributed by atoms with van der Waals surface area (Å²) in [6, 6.07) is 15.3. The van der Waals surface area contributed by atoms with E-state index in [0.717, 1.165) is 16.5 Å². The Labute approximate surface area is 142 Å². The van der Waals surface area contributed by atoms with Gasteiger partial charge in [0.2, 0.25) is 0 Å². The van der Waals surface area contributed by atoms with Crippen LogP contribution in [0.3, 0.4) is 0 Å². The molecule has 1 aliphatic rings. The van der Waals surface area contributed by atoms with Crippen molar-refractivity contribution >= 4 is 45.6 Å². The van der Waals surface area contributed by atoms with Gasteiger partial charge in [-0.1, -0.05) is 18.2 Å². The summed E-state index contributed by atoms with van der Waals surface area (Å²) < 4.78 is 0. The van der Waals surface area contributed by atoms with Gasteiger partial charge in [-0.3, -0.25) is 9.78 Å². The summed E-state index contributed by atoms with van der Waals surface area (Å²) in [7, 11) is 0. The van der Waals surface area contributed by atoms with Gasteiger partial charge in [0.25, 0.3) is 5.91 Å². The van der Waals surface area contributed by atoms with Crippen molar-refractivity contribution in [1.29, 1.82) is 0 Å². The first-order valence-electron chi connectivity index (χ1n) is 7.33. The van der Waals surface area contributed by atoms with Gasteiger partial charge in [0.15, 0.2) is 11.0 Å². The minimum absolute atomic E-state index is 0.152. The van der Waals surface area contributed by atoms with Crippen molar-refractivity contribution in [2.45, 2.75) is 0 Å². The first-order chi connectivity index (χ1) is 11.8. The normalized spacial score (nSPS) is 17.6. The summed E-state index contributed by atoms with van der Waals surface area (Å²) in [6.07, 6.45) is 5.29. The molecule has 5 nitrogen and oxygen atoms in total. The third-order valence-electron chi connectivity index (χ3n) is 3.44. The minimum Gasteiger partial charge on any atom is -0.300 e. The minimum atomic E-state index is -0.152. The van der Waals surface area contributed by atoms with Gasteiger partial charge in [-0.2, -0.15) is 0 Å². The van der Waals surface area contributed by atoms with Crippen LogP contribution in [0.4, 0.5) is 5.82 Å². The molecule has 4 rings (SSSR count).